The summed E-state index contributed by atoms with van der Waals surface area (Å²) >= 11 is 0. The summed E-state index contributed by atoms with van der Waals surface area (Å²) in [6, 6.07) is 5.69. The number of carbonyl (C=O) groups is 1. The zero-order valence-electron chi connectivity index (χ0n) is 7.79. The summed E-state index contributed by atoms with van der Waals surface area (Å²) in [4.78, 5) is 10.7. The molecular weight excluding hydrogens is 164 g/mol. The molecule has 1 aromatic carbocycles. The third kappa shape index (κ3) is 1.96. The standard InChI is InChI=1S/C11H12O2/c1-7-4-5-8(2)10(6-7)9(3)11(12)13/h4-6H,3H2,1-2H3,(H,12,13). The van der Waals surface area contributed by atoms with Gasteiger partial charge in [0.2, 0.25) is 0 Å². The van der Waals surface area contributed by atoms with Gasteiger partial charge in [-0.3, -0.25) is 0 Å². The zero-order valence-corrected chi connectivity index (χ0v) is 7.79. The number of aryl methyl sites for hydroxylation is 2. The molecule has 0 spiro atoms. The number of hydrogen-bond donors (Lipinski definition) is 1. The van der Waals surface area contributed by atoms with Gasteiger partial charge in [-0.05, 0) is 25.0 Å². The maximum Gasteiger partial charge on any atom is 0.335 e. The maximum atomic E-state index is 10.7. The second-order valence-corrected chi connectivity index (χ2v) is 3.10. The van der Waals surface area contributed by atoms with Gasteiger partial charge in [0.15, 0.2) is 0 Å². The van der Waals surface area contributed by atoms with Crippen molar-refractivity contribution < 1.29 is 9.90 Å². The van der Waals surface area contributed by atoms with E-state index >= 15 is 0 Å². The van der Waals surface area contributed by atoms with E-state index in [2.05, 4.69) is 6.58 Å². The second kappa shape index (κ2) is 3.44. The Morgan fingerprint density at radius 3 is 2.54 bits per heavy atom. The molecule has 0 atom stereocenters. The van der Waals surface area contributed by atoms with Crippen LogP contribution >= 0.6 is 0 Å². The molecule has 0 fully saturated rings. The number of carboxylic acid groups (broad SMARTS) is 1. The first-order valence-electron chi connectivity index (χ1n) is 4.02. The summed E-state index contributed by atoms with van der Waals surface area (Å²) in [6.07, 6.45) is 0. The van der Waals surface area contributed by atoms with Crippen molar-refractivity contribution in [2.45, 2.75) is 13.8 Å². The third-order valence-corrected chi connectivity index (χ3v) is 1.98. The van der Waals surface area contributed by atoms with Crippen molar-refractivity contribution in [3.63, 3.8) is 0 Å². The van der Waals surface area contributed by atoms with Gasteiger partial charge in [0.1, 0.15) is 0 Å². The van der Waals surface area contributed by atoms with Gasteiger partial charge in [0.05, 0.1) is 5.57 Å². The van der Waals surface area contributed by atoms with E-state index in [1.807, 2.05) is 32.0 Å². The van der Waals surface area contributed by atoms with Gasteiger partial charge in [0.25, 0.3) is 0 Å². The van der Waals surface area contributed by atoms with E-state index in [1.165, 1.54) is 0 Å². The van der Waals surface area contributed by atoms with E-state index in [4.69, 9.17) is 5.11 Å². The van der Waals surface area contributed by atoms with Gasteiger partial charge >= 0.3 is 5.97 Å². The smallest absolute Gasteiger partial charge is 0.335 e. The molecule has 0 unspecified atom stereocenters. The quantitative estimate of drug-likeness (QED) is 0.702. The van der Waals surface area contributed by atoms with E-state index in [1.54, 1.807) is 0 Å². The molecule has 1 N–H and O–H groups in total. The Morgan fingerprint density at radius 1 is 1.38 bits per heavy atom. The minimum atomic E-state index is -0.964. The average Bonchev–Trinajstić information content (AvgIpc) is 2.08. The lowest BCUT2D eigenvalue weighted by atomic mass is 10.00. The fraction of sp³-hybridized carbons (Fsp3) is 0.182. The molecule has 2 heteroatoms. The summed E-state index contributed by atoms with van der Waals surface area (Å²) in [6.45, 7) is 7.33. The summed E-state index contributed by atoms with van der Waals surface area (Å²) in [7, 11) is 0. The van der Waals surface area contributed by atoms with Crippen molar-refractivity contribution >= 4 is 11.5 Å². The molecule has 0 radical (unpaired) electrons. The highest BCUT2D eigenvalue weighted by Crippen LogP contribution is 2.18. The van der Waals surface area contributed by atoms with Crippen molar-refractivity contribution in [3.05, 3.63) is 41.5 Å². The van der Waals surface area contributed by atoms with Gasteiger partial charge in [0, 0.05) is 0 Å². The number of rotatable bonds is 2. The maximum absolute atomic E-state index is 10.7. The van der Waals surface area contributed by atoms with Crippen molar-refractivity contribution in [1.82, 2.24) is 0 Å². The van der Waals surface area contributed by atoms with Crippen LogP contribution in [0.15, 0.2) is 24.8 Å². The SMILES string of the molecule is C=C(C(=O)O)c1cc(C)ccc1C. The molecule has 0 bridgehead atoms. The van der Waals surface area contributed by atoms with Gasteiger partial charge in [-0.15, -0.1) is 0 Å². The highest BCUT2D eigenvalue weighted by molar-refractivity contribution is 6.14. The molecule has 0 aromatic heterocycles. The molecule has 0 saturated heterocycles. The molecular formula is C11H12O2. The highest BCUT2D eigenvalue weighted by Gasteiger charge is 2.09. The molecule has 0 aliphatic heterocycles. The summed E-state index contributed by atoms with van der Waals surface area (Å²) < 4.78 is 0. The summed E-state index contributed by atoms with van der Waals surface area (Å²) in [5.41, 5.74) is 2.86. The van der Waals surface area contributed by atoms with Crippen LogP contribution in [0.25, 0.3) is 5.57 Å². The first kappa shape index (κ1) is 9.52. The van der Waals surface area contributed by atoms with Crippen molar-refractivity contribution in [2.75, 3.05) is 0 Å². The van der Waals surface area contributed by atoms with E-state index in [-0.39, 0.29) is 5.57 Å². The zero-order chi connectivity index (χ0) is 10.0. The molecule has 2 nitrogen and oxygen atoms in total. The van der Waals surface area contributed by atoms with Crippen LogP contribution in [0.2, 0.25) is 0 Å². The number of carboxylic acids is 1. The summed E-state index contributed by atoms with van der Waals surface area (Å²) in [5, 5.41) is 8.75. The normalized spacial score (nSPS) is 9.69. The molecule has 13 heavy (non-hydrogen) atoms. The first-order chi connectivity index (χ1) is 6.02. The van der Waals surface area contributed by atoms with E-state index in [0.29, 0.717) is 5.56 Å². The first-order valence-corrected chi connectivity index (χ1v) is 4.02. The Balaban J connectivity index is 3.21. The lowest BCUT2D eigenvalue weighted by Crippen LogP contribution is -2.00. The molecule has 0 amide bonds. The van der Waals surface area contributed by atoms with Crippen LogP contribution in [0.3, 0.4) is 0 Å². The molecule has 0 saturated carbocycles. The van der Waals surface area contributed by atoms with E-state index in [9.17, 15) is 4.79 Å². The Labute approximate surface area is 77.5 Å². The van der Waals surface area contributed by atoms with E-state index in [0.717, 1.165) is 11.1 Å². The molecule has 0 heterocycles. The highest BCUT2D eigenvalue weighted by atomic mass is 16.4. The van der Waals surface area contributed by atoms with Gasteiger partial charge in [-0.2, -0.15) is 0 Å². The Morgan fingerprint density at radius 2 is 2.00 bits per heavy atom. The van der Waals surface area contributed by atoms with Crippen LogP contribution < -0.4 is 0 Å². The average molecular weight is 176 g/mol. The minimum absolute atomic E-state index is 0.154. The van der Waals surface area contributed by atoms with Crippen molar-refractivity contribution in [3.8, 4) is 0 Å². The summed E-state index contributed by atoms with van der Waals surface area (Å²) in [5.74, 6) is -0.964. The van der Waals surface area contributed by atoms with Crippen molar-refractivity contribution in [1.29, 1.82) is 0 Å². The number of hydrogen-bond acceptors (Lipinski definition) is 1. The fourth-order valence-electron chi connectivity index (χ4n) is 1.18. The van der Waals surface area contributed by atoms with Crippen LogP contribution in [-0.2, 0) is 4.79 Å². The van der Waals surface area contributed by atoms with Gasteiger partial charge in [-0.25, -0.2) is 4.79 Å². The van der Waals surface area contributed by atoms with Crippen LogP contribution in [0.4, 0.5) is 0 Å². The molecule has 0 aliphatic carbocycles. The Hall–Kier alpha value is -1.57. The fourth-order valence-corrected chi connectivity index (χ4v) is 1.18. The van der Waals surface area contributed by atoms with Crippen molar-refractivity contribution in [2.24, 2.45) is 0 Å². The third-order valence-electron chi connectivity index (χ3n) is 1.98. The Kier molecular flexibility index (Phi) is 2.52. The number of benzene rings is 1. The van der Waals surface area contributed by atoms with Gasteiger partial charge < -0.3 is 5.11 Å². The lowest BCUT2D eigenvalue weighted by Gasteiger charge is -2.05. The topological polar surface area (TPSA) is 37.3 Å². The molecule has 0 aliphatic rings. The molecule has 1 aromatic rings. The lowest BCUT2D eigenvalue weighted by molar-refractivity contribution is -0.130. The Bertz CT molecular complexity index is 364. The van der Waals surface area contributed by atoms with Crippen LogP contribution in [0, 0.1) is 13.8 Å². The van der Waals surface area contributed by atoms with Gasteiger partial charge in [-0.1, -0.05) is 30.3 Å². The number of aliphatic carboxylic acids is 1. The second-order valence-electron chi connectivity index (χ2n) is 3.10. The predicted molar refractivity (Wildman–Crippen MR) is 52.6 cm³/mol. The van der Waals surface area contributed by atoms with Crippen LogP contribution in [0.5, 0.6) is 0 Å². The minimum Gasteiger partial charge on any atom is -0.478 e. The molecule has 68 valence electrons. The van der Waals surface area contributed by atoms with E-state index < -0.39 is 5.97 Å². The molecule has 1 rings (SSSR count). The van der Waals surface area contributed by atoms with Crippen LogP contribution in [0.1, 0.15) is 16.7 Å². The largest absolute Gasteiger partial charge is 0.478 e. The predicted octanol–water partition coefficient (Wildman–Crippen LogP) is 2.40. The van der Waals surface area contributed by atoms with Crippen LogP contribution in [-0.4, -0.2) is 11.1 Å². The monoisotopic (exact) mass is 176 g/mol.